The number of benzene rings is 2. The Balaban J connectivity index is 1.86. The molecule has 28 heavy (non-hydrogen) atoms. The highest BCUT2D eigenvalue weighted by Gasteiger charge is 2.13. The Hall–Kier alpha value is -2.91. The minimum atomic E-state index is 0.378. The van der Waals surface area contributed by atoms with Crippen molar-refractivity contribution < 1.29 is 4.74 Å². The Morgan fingerprint density at radius 3 is 2.54 bits per heavy atom. The van der Waals surface area contributed by atoms with Crippen LogP contribution >= 0.6 is 12.2 Å². The lowest BCUT2D eigenvalue weighted by Gasteiger charge is -2.08. The van der Waals surface area contributed by atoms with Gasteiger partial charge in [-0.2, -0.15) is 10.4 Å². The van der Waals surface area contributed by atoms with E-state index in [4.69, 9.17) is 27.3 Å². The number of ether oxygens (including phenoxy) is 1. The average molecular weight is 393 g/mol. The molecule has 0 atom stereocenters. The van der Waals surface area contributed by atoms with Gasteiger partial charge in [-0.15, -0.1) is 0 Å². The summed E-state index contributed by atoms with van der Waals surface area (Å²) in [5, 5.41) is 13.6. The molecule has 1 heterocycles. The first kappa shape index (κ1) is 19.8. The van der Waals surface area contributed by atoms with Crippen molar-refractivity contribution in [2.45, 2.75) is 39.2 Å². The van der Waals surface area contributed by atoms with E-state index in [1.165, 1.54) is 0 Å². The molecule has 1 aromatic heterocycles. The lowest BCUT2D eigenvalue weighted by Crippen LogP contribution is -2.02. The molecule has 3 rings (SSSR count). The van der Waals surface area contributed by atoms with Crippen molar-refractivity contribution in [1.82, 2.24) is 14.3 Å². The first-order valence-electron chi connectivity index (χ1n) is 9.55. The van der Waals surface area contributed by atoms with Gasteiger partial charge in [-0.3, -0.25) is 4.57 Å². The maximum atomic E-state index is 8.91. The van der Waals surface area contributed by atoms with Gasteiger partial charge in [0, 0.05) is 12.1 Å². The summed E-state index contributed by atoms with van der Waals surface area (Å²) in [6.07, 6.45) is 3.20. The molecule has 144 valence electrons. The molecule has 6 heteroatoms. The molecule has 5 nitrogen and oxygen atoms in total. The summed E-state index contributed by atoms with van der Waals surface area (Å²) in [6.45, 7) is 3.39. The molecule has 0 radical (unpaired) electrons. The fraction of sp³-hybridized carbons (Fsp3) is 0.318. The van der Waals surface area contributed by atoms with Crippen LogP contribution in [0.1, 0.15) is 37.6 Å². The summed E-state index contributed by atoms with van der Waals surface area (Å²) in [5.74, 6) is 1.74. The second kappa shape index (κ2) is 9.86. The summed E-state index contributed by atoms with van der Waals surface area (Å²) < 4.78 is 10.1. The number of rotatable bonds is 9. The summed E-state index contributed by atoms with van der Waals surface area (Å²) in [6, 6.07) is 20.3. The van der Waals surface area contributed by atoms with Gasteiger partial charge in [0.15, 0.2) is 0 Å². The van der Waals surface area contributed by atoms with Crippen molar-refractivity contribution in [3.05, 3.63) is 70.8 Å². The van der Waals surface area contributed by atoms with Gasteiger partial charge in [0.1, 0.15) is 11.6 Å². The third kappa shape index (κ3) is 4.87. The number of nitriles is 1. The van der Waals surface area contributed by atoms with Crippen LogP contribution in [0.25, 0.3) is 5.69 Å². The Morgan fingerprint density at radius 2 is 1.86 bits per heavy atom. The van der Waals surface area contributed by atoms with Crippen molar-refractivity contribution >= 4 is 12.2 Å². The Kier molecular flexibility index (Phi) is 6.99. The normalized spacial score (nSPS) is 10.6. The van der Waals surface area contributed by atoms with Crippen LogP contribution in [0.4, 0.5) is 0 Å². The van der Waals surface area contributed by atoms with E-state index in [9.17, 15) is 0 Å². The summed E-state index contributed by atoms with van der Waals surface area (Å²) in [4.78, 5) is 0. The summed E-state index contributed by atoms with van der Waals surface area (Å²) in [5.41, 5.74) is 2.11. The van der Waals surface area contributed by atoms with Gasteiger partial charge >= 0.3 is 0 Å². The lowest BCUT2D eigenvalue weighted by molar-refractivity contribution is 0.309. The van der Waals surface area contributed by atoms with E-state index < -0.39 is 0 Å². The van der Waals surface area contributed by atoms with Crippen LogP contribution in [0.2, 0.25) is 0 Å². The number of aromatic nitrogens is 3. The second-order valence-electron chi connectivity index (χ2n) is 6.52. The van der Waals surface area contributed by atoms with Crippen molar-refractivity contribution in [2.24, 2.45) is 0 Å². The predicted molar refractivity (Wildman–Crippen MR) is 112 cm³/mol. The number of hydrogen-bond donors (Lipinski definition) is 0. The van der Waals surface area contributed by atoms with Gasteiger partial charge in [0.2, 0.25) is 4.77 Å². The maximum Gasteiger partial charge on any atom is 0.202 e. The van der Waals surface area contributed by atoms with E-state index >= 15 is 0 Å². The van der Waals surface area contributed by atoms with Crippen molar-refractivity contribution in [2.75, 3.05) is 6.61 Å². The number of nitrogens with zero attached hydrogens (tertiary/aromatic N) is 4. The highest BCUT2D eigenvalue weighted by Crippen LogP contribution is 2.18. The van der Waals surface area contributed by atoms with E-state index in [1.54, 1.807) is 4.68 Å². The van der Waals surface area contributed by atoms with Crippen LogP contribution < -0.4 is 4.74 Å². The molecular formula is C22H24N4OS. The molecule has 0 unspecified atom stereocenters. The van der Waals surface area contributed by atoms with Crippen molar-refractivity contribution in [1.29, 1.82) is 5.26 Å². The average Bonchev–Trinajstić information content (AvgIpc) is 3.03. The van der Waals surface area contributed by atoms with E-state index in [2.05, 4.69) is 25.1 Å². The first-order valence-corrected chi connectivity index (χ1v) is 9.96. The molecule has 3 aromatic rings. The molecule has 0 fully saturated rings. The zero-order valence-corrected chi connectivity index (χ0v) is 16.9. The third-order valence-electron chi connectivity index (χ3n) is 4.41. The molecule has 0 bridgehead atoms. The molecule has 0 saturated heterocycles. The highest BCUT2D eigenvalue weighted by atomic mass is 32.1. The van der Waals surface area contributed by atoms with E-state index in [1.807, 2.05) is 47.0 Å². The van der Waals surface area contributed by atoms with Crippen LogP contribution in [-0.2, 0) is 13.0 Å². The molecular weight excluding hydrogens is 368 g/mol. The third-order valence-corrected chi connectivity index (χ3v) is 4.80. The molecule has 0 aliphatic heterocycles. The molecule has 0 spiro atoms. The summed E-state index contributed by atoms with van der Waals surface area (Å²) in [7, 11) is 0. The van der Waals surface area contributed by atoms with E-state index in [0.717, 1.165) is 42.3 Å². The molecule has 0 amide bonds. The van der Waals surface area contributed by atoms with Crippen LogP contribution in [0.15, 0.2) is 54.6 Å². The van der Waals surface area contributed by atoms with Gasteiger partial charge in [-0.05, 0) is 48.5 Å². The van der Waals surface area contributed by atoms with Crippen molar-refractivity contribution in [3.63, 3.8) is 0 Å². The Bertz CT molecular complexity index is 984. The van der Waals surface area contributed by atoms with Crippen LogP contribution in [0, 0.1) is 16.1 Å². The topological polar surface area (TPSA) is 55.8 Å². The molecule has 0 aliphatic carbocycles. The fourth-order valence-corrected chi connectivity index (χ4v) is 3.27. The minimum absolute atomic E-state index is 0.378. The standard InChI is InChI=1S/C22H24N4OS/c1-2-3-16-27-20-12-10-18(11-13-20)17-21-24-25(15-7-14-23)22(28)26(21)19-8-5-4-6-9-19/h4-6,8-13H,2-3,7,15-17H2,1H3. The number of aryl methyl sites for hydroxylation is 1. The maximum absolute atomic E-state index is 8.91. The van der Waals surface area contributed by atoms with Crippen LogP contribution in [0.5, 0.6) is 5.75 Å². The van der Waals surface area contributed by atoms with E-state index in [-0.39, 0.29) is 0 Å². The number of unbranched alkanes of at least 4 members (excludes halogenated alkanes) is 1. The molecule has 0 N–H and O–H groups in total. The smallest absolute Gasteiger partial charge is 0.202 e. The van der Waals surface area contributed by atoms with Gasteiger partial charge in [-0.25, -0.2) is 4.68 Å². The van der Waals surface area contributed by atoms with Gasteiger partial charge < -0.3 is 4.74 Å². The van der Waals surface area contributed by atoms with Crippen LogP contribution in [-0.4, -0.2) is 21.0 Å². The Labute approximate surface area is 170 Å². The van der Waals surface area contributed by atoms with Crippen LogP contribution in [0.3, 0.4) is 0 Å². The number of hydrogen-bond acceptors (Lipinski definition) is 4. The van der Waals surface area contributed by atoms with Gasteiger partial charge in [0.25, 0.3) is 0 Å². The van der Waals surface area contributed by atoms with Gasteiger partial charge in [0.05, 0.1) is 25.6 Å². The molecule has 0 saturated carbocycles. The molecule has 2 aromatic carbocycles. The predicted octanol–water partition coefficient (Wildman–Crippen LogP) is 5.09. The SMILES string of the molecule is CCCCOc1ccc(Cc2nn(CCC#N)c(=S)n2-c2ccccc2)cc1. The lowest BCUT2D eigenvalue weighted by atomic mass is 10.1. The monoisotopic (exact) mass is 392 g/mol. The van der Waals surface area contributed by atoms with Gasteiger partial charge in [-0.1, -0.05) is 43.7 Å². The second-order valence-corrected chi connectivity index (χ2v) is 6.89. The zero-order chi connectivity index (χ0) is 19.8. The van der Waals surface area contributed by atoms with Crippen molar-refractivity contribution in [3.8, 4) is 17.5 Å². The quantitative estimate of drug-likeness (QED) is 0.376. The fourth-order valence-electron chi connectivity index (χ4n) is 2.93. The zero-order valence-electron chi connectivity index (χ0n) is 16.0. The highest BCUT2D eigenvalue weighted by molar-refractivity contribution is 7.71. The number of para-hydroxylation sites is 1. The largest absolute Gasteiger partial charge is 0.494 e. The minimum Gasteiger partial charge on any atom is -0.494 e. The first-order chi connectivity index (χ1) is 13.7. The summed E-state index contributed by atoms with van der Waals surface area (Å²) >= 11 is 5.64. The molecule has 0 aliphatic rings. The Morgan fingerprint density at radius 1 is 1.11 bits per heavy atom. The van der Waals surface area contributed by atoms with E-state index in [0.29, 0.717) is 24.2 Å².